The number of carbonyl (C=O) groups excluding carboxylic acids is 2. The van der Waals surface area contributed by atoms with Gasteiger partial charge >= 0.3 is 5.97 Å². The van der Waals surface area contributed by atoms with Crippen LogP contribution >= 0.6 is 0 Å². The number of aliphatic hydroxyl groups is 1. The lowest BCUT2D eigenvalue weighted by Gasteiger charge is -2.32. The monoisotopic (exact) mass is 243 g/mol. The fourth-order valence-electron chi connectivity index (χ4n) is 2.06. The van der Waals surface area contributed by atoms with Gasteiger partial charge in [-0.1, -0.05) is 0 Å². The van der Waals surface area contributed by atoms with Crippen molar-refractivity contribution in [2.24, 2.45) is 17.6 Å². The number of primary amides is 1. The number of carbonyl (C=O) groups is 2. The highest BCUT2D eigenvalue weighted by Gasteiger charge is 2.37. The summed E-state index contributed by atoms with van der Waals surface area (Å²) in [5.41, 5.74) is 4.63. The Morgan fingerprint density at radius 1 is 1.29 bits per heavy atom. The Morgan fingerprint density at radius 3 is 2.29 bits per heavy atom. The van der Waals surface area contributed by atoms with E-state index in [-0.39, 0.29) is 12.3 Å². The van der Waals surface area contributed by atoms with Gasteiger partial charge in [0.15, 0.2) is 0 Å². The van der Waals surface area contributed by atoms with Crippen LogP contribution in [0, 0.1) is 11.8 Å². The van der Waals surface area contributed by atoms with E-state index in [1.54, 1.807) is 20.8 Å². The minimum atomic E-state index is -0.837. The molecule has 0 heterocycles. The maximum absolute atomic E-state index is 11.8. The van der Waals surface area contributed by atoms with Crippen LogP contribution in [0.2, 0.25) is 0 Å². The Labute approximate surface area is 101 Å². The van der Waals surface area contributed by atoms with Gasteiger partial charge in [0.05, 0.1) is 12.0 Å². The summed E-state index contributed by atoms with van der Waals surface area (Å²) in [4.78, 5) is 22.8. The van der Waals surface area contributed by atoms with E-state index in [1.165, 1.54) is 0 Å². The Morgan fingerprint density at radius 2 is 1.88 bits per heavy atom. The molecule has 0 radical (unpaired) electrons. The Bertz CT molecular complexity index is 308. The molecule has 98 valence electrons. The molecule has 0 spiro atoms. The lowest BCUT2D eigenvalue weighted by Crippen LogP contribution is -2.41. The third-order valence-corrected chi connectivity index (χ3v) is 2.93. The molecule has 5 heteroatoms. The summed E-state index contributed by atoms with van der Waals surface area (Å²) >= 11 is 0. The Hall–Kier alpha value is -1.10. The molecule has 0 unspecified atom stereocenters. The molecule has 0 aromatic rings. The molecular formula is C12H21NO4. The zero-order valence-electron chi connectivity index (χ0n) is 10.6. The van der Waals surface area contributed by atoms with E-state index in [9.17, 15) is 14.7 Å². The molecule has 5 nitrogen and oxygen atoms in total. The van der Waals surface area contributed by atoms with Crippen LogP contribution < -0.4 is 5.73 Å². The largest absolute Gasteiger partial charge is 0.460 e. The molecule has 1 aliphatic rings. The molecule has 0 aromatic heterocycles. The van der Waals surface area contributed by atoms with Crippen LogP contribution in [0.3, 0.4) is 0 Å². The molecule has 1 rings (SSSR count). The van der Waals surface area contributed by atoms with Crippen molar-refractivity contribution in [1.29, 1.82) is 0 Å². The molecule has 1 aliphatic carbocycles. The topological polar surface area (TPSA) is 89.6 Å². The zero-order chi connectivity index (χ0) is 13.2. The van der Waals surface area contributed by atoms with Gasteiger partial charge < -0.3 is 15.6 Å². The number of rotatable bonds is 2. The van der Waals surface area contributed by atoms with Crippen LogP contribution in [0.5, 0.6) is 0 Å². The number of ether oxygens (including phenoxy) is 1. The van der Waals surface area contributed by atoms with E-state index in [0.29, 0.717) is 12.8 Å². The van der Waals surface area contributed by atoms with Crippen LogP contribution in [0.1, 0.15) is 40.0 Å². The quantitative estimate of drug-likeness (QED) is 0.695. The number of esters is 1. The highest BCUT2D eigenvalue weighted by molar-refractivity contribution is 5.78. The van der Waals surface area contributed by atoms with Gasteiger partial charge in [-0.25, -0.2) is 0 Å². The van der Waals surface area contributed by atoms with Crippen molar-refractivity contribution in [3.63, 3.8) is 0 Å². The van der Waals surface area contributed by atoms with Gasteiger partial charge in [0.2, 0.25) is 5.91 Å². The minimum absolute atomic E-state index is 0.249. The molecular weight excluding hydrogens is 222 g/mol. The molecule has 3 N–H and O–H groups in total. The number of aliphatic hydroxyl groups excluding tert-OH is 1. The molecule has 0 bridgehead atoms. The van der Waals surface area contributed by atoms with Gasteiger partial charge in [-0.3, -0.25) is 9.59 Å². The van der Waals surface area contributed by atoms with Crippen molar-refractivity contribution < 1.29 is 19.4 Å². The highest BCUT2D eigenvalue weighted by Crippen LogP contribution is 2.30. The molecule has 0 aromatic carbocycles. The summed E-state index contributed by atoms with van der Waals surface area (Å²) in [5.74, 6) is -1.67. The maximum atomic E-state index is 11.8. The van der Waals surface area contributed by atoms with Crippen LogP contribution in [0.4, 0.5) is 0 Å². The lowest BCUT2D eigenvalue weighted by atomic mass is 9.79. The van der Waals surface area contributed by atoms with Gasteiger partial charge in [-0.2, -0.15) is 0 Å². The van der Waals surface area contributed by atoms with Gasteiger partial charge in [0, 0.05) is 5.92 Å². The number of hydrogen-bond acceptors (Lipinski definition) is 4. The predicted octanol–water partition coefficient (Wildman–Crippen LogP) is 0.591. The third-order valence-electron chi connectivity index (χ3n) is 2.93. The van der Waals surface area contributed by atoms with Crippen molar-refractivity contribution in [3.8, 4) is 0 Å². The first-order valence-electron chi connectivity index (χ1n) is 5.91. The molecule has 1 amide bonds. The van der Waals surface area contributed by atoms with Gasteiger partial charge in [0.1, 0.15) is 5.60 Å². The van der Waals surface area contributed by atoms with Crippen molar-refractivity contribution >= 4 is 11.9 Å². The summed E-state index contributed by atoms with van der Waals surface area (Å²) < 4.78 is 5.23. The minimum Gasteiger partial charge on any atom is -0.460 e. The second kappa shape index (κ2) is 5.04. The number of hydrogen-bond donors (Lipinski definition) is 2. The summed E-state index contributed by atoms with van der Waals surface area (Å²) in [7, 11) is 0. The molecule has 3 atom stereocenters. The summed E-state index contributed by atoms with van der Waals surface area (Å²) in [6.45, 7) is 5.35. The average Bonchev–Trinajstić information content (AvgIpc) is 2.14. The van der Waals surface area contributed by atoms with E-state index >= 15 is 0 Å². The Kier molecular flexibility index (Phi) is 4.14. The van der Waals surface area contributed by atoms with E-state index in [0.717, 1.165) is 0 Å². The first-order valence-corrected chi connectivity index (χ1v) is 5.91. The van der Waals surface area contributed by atoms with E-state index < -0.39 is 29.5 Å². The first-order chi connectivity index (χ1) is 7.70. The van der Waals surface area contributed by atoms with E-state index in [4.69, 9.17) is 10.5 Å². The number of amides is 1. The molecule has 0 aliphatic heterocycles. The molecule has 0 saturated heterocycles. The van der Waals surface area contributed by atoms with E-state index in [1.807, 2.05) is 0 Å². The Balaban J connectivity index is 2.58. The van der Waals surface area contributed by atoms with Crippen molar-refractivity contribution in [2.75, 3.05) is 0 Å². The molecule has 17 heavy (non-hydrogen) atoms. The lowest BCUT2D eigenvalue weighted by molar-refractivity contribution is -0.167. The van der Waals surface area contributed by atoms with Crippen LogP contribution in [-0.2, 0) is 14.3 Å². The van der Waals surface area contributed by atoms with E-state index in [2.05, 4.69) is 0 Å². The third kappa shape index (κ3) is 4.00. The zero-order valence-corrected chi connectivity index (χ0v) is 10.6. The first kappa shape index (κ1) is 14.0. The van der Waals surface area contributed by atoms with Crippen LogP contribution in [-0.4, -0.2) is 28.7 Å². The predicted molar refractivity (Wildman–Crippen MR) is 61.9 cm³/mol. The standard InChI is InChI=1S/C12H21NO4/c1-12(2,3)17-11(16)8-5-4-7(10(13)15)6-9(8)14/h7-9,14H,4-6H2,1-3H3,(H2,13,15)/t7-,8-,9-/m1/s1. The summed E-state index contributed by atoms with van der Waals surface area (Å²) in [5, 5.41) is 9.85. The fraction of sp³-hybridized carbons (Fsp3) is 0.833. The SMILES string of the molecule is CC(C)(C)OC(=O)[C@@H]1CC[C@@H](C(N)=O)C[C@H]1O. The number of nitrogens with two attached hydrogens (primary N) is 1. The van der Waals surface area contributed by atoms with Gasteiger partial charge in [0.25, 0.3) is 0 Å². The van der Waals surface area contributed by atoms with Crippen molar-refractivity contribution in [1.82, 2.24) is 0 Å². The average molecular weight is 243 g/mol. The normalized spacial score (nSPS) is 29.8. The van der Waals surface area contributed by atoms with Gasteiger partial charge in [-0.15, -0.1) is 0 Å². The van der Waals surface area contributed by atoms with Crippen molar-refractivity contribution in [2.45, 2.75) is 51.7 Å². The fourth-order valence-corrected chi connectivity index (χ4v) is 2.06. The van der Waals surface area contributed by atoms with Crippen molar-refractivity contribution in [3.05, 3.63) is 0 Å². The smallest absolute Gasteiger partial charge is 0.312 e. The van der Waals surface area contributed by atoms with Crippen LogP contribution in [0.15, 0.2) is 0 Å². The maximum Gasteiger partial charge on any atom is 0.312 e. The molecule has 1 saturated carbocycles. The second-order valence-corrected chi connectivity index (χ2v) is 5.62. The van der Waals surface area contributed by atoms with Crippen LogP contribution in [0.25, 0.3) is 0 Å². The molecule has 1 fully saturated rings. The summed E-state index contributed by atoms with van der Waals surface area (Å²) in [6, 6.07) is 0. The highest BCUT2D eigenvalue weighted by atomic mass is 16.6. The second-order valence-electron chi connectivity index (χ2n) is 5.62. The summed E-state index contributed by atoms with van der Waals surface area (Å²) in [6.07, 6.45) is 0.398. The van der Waals surface area contributed by atoms with Gasteiger partial charge in [-0.05, 0) is 40.0 Å².